The molecule has 5 rings (SSSR count). The van der Waals surface area contributed by atoms with Crippen LogP contribution in [0.5, 0.6) is 11.5 Å². The summed E-state index contributed by atoms with van der Waals surface area (Å²) in [5.74, 6) is -2.97. The van der Waals surface area contributed by atoms with Crippen molar-refractivity contribution in [2.24, 2.45) is 20.5 Å². The lowest BCUT2D eigenvalue weighted by atomic mass is 10.1. The zero-order valence-corrected chi connectivity index (χ0v) is 41.8. The van der Waals surface area contributed by atoms with Crippen LogP contribution in [0.4, 0.5) is 34.1 Å². The van der Waals surface area contributed by atoms with Crippen LogP contribution >= 0.6 is 58.0 Å². The first-order valence-electron chi connectivity index (χ1n) is 20.8. The molecule has 0 saturated carbocycles. The van der Waals surface area contributed by atoms with Gasteiger partial charge in [0.25, 0.3) is 23.6 Å². The molecule has 21 heteroatoms. The van der Waals surface area contributed by atoms with Crippen LogP contribution in [0.2, 0.25) is 10.0 Å². The van der Waals surface area contributed by atoms with Crippen LogP contribution in [0.3, 0.4) is 0 Å². The Morgan fingerprint density at radius 3 is 1.26 bits per heavy atom. The summed E-state index contributed by atoms with van der Waals surface area (Å²) in [6, 6.07) is 19.5. The number of hydrogen-bond acceptors (Lipinski definition) is 12. The molecule has 16 nitrogen and oxygen atoms in total. The van der Waals surface area contributed by atoms with Crippen molar-refractivity contribution in [2.45, 2.75) is 62.8 Å². The standard InChI is InChI=1S/C48H45Cl5N8O8/c1-23(49)37-20-32(56-47(66)43(26(4)62)60-58-35-16-28(14-30(52)18-35)45(64)54-33-9-12-41(68-6)38(21-33)24(2)50)8-11-40(37)57-48(67)44(27(5)63)61-59-36-17-29(15-31(53)19-36)46(65)55-34-10-13-42(69-7)39(22-34)25(3)51/h8-25,43-44H,1-7H3,(H,54,64)(H,55,65)(H,56,66)(H,57,67). The number of Topliss-reactive ketones (excluding diaryl/α,β-unsaturated/α-hetero) is 2. The summed E-state index contributed by atoms with van der Waals surface area (Å²) < 4.78 is 10.7. The number of azo groups is 2. The SMILES string of the molecule is COc1ccc(NC(=O)c2cc(Cl)cc(N=NC(C(C)=O)C(=O)Nc3ccc(NC(=O)C(N=Nc4cc(Cl)cc(C(=O)Nc5ccc(OC)c(C(C)Cl)c5)c4)C(C)=O)c(C(C)Cl)c3)c2)cc1C(C)Cl. The molecule has 69 heavy (non-hydrogen) atoms. The van der Waals surface area contributed by atoms with Crippen molar-refractivity contribution in [3.8, 4) is 11.5 Å². The maximum absolute atomic E-state index is 13.5. The van der Waals surface area contributed by atoms with E-state index in [9.17, 15) is 28.8 Å². The molecule has 0 aromatic heterocycles. The number of ether oxygens (including phenoxy) is 2. The van der Waals surface area contributed by atoms with Gasteiger partial charge in [0.05, 0.1) is 41.7 Å². The van der Waals surface area contributed by atoms with Gasteiger partial charge in [-0.15, -0.1) is 34.8 Å². The Labute approximate surface area is 422 Å². The maximum Gasteiger partial charge on any atom is 0.258 e. The molecule has 0 aliphatic rings. The molecule has 5 atom stereocenters. The zero-order valence-electron chi connectivity index (χ0n) is 38.0. The van der Waals surface area contributed by atoms with Gasteiger partial charge in [-0.3, -0.25) is 28.8 Å². The monoisotopic (exact) mass is 1040 g/mol. The Morgan fingerprint density at radius 2 is 0.870 bits per heavy atom. The van der Waals surface area contributed by atoms with E-state index in [1.807, 2.05) is 0 Å². The van der Waals surface area contributed by atoms with Crippen molar-refractivity contribution in [1.29, 1.82) is 0 Å². The van der Waals surface area contributed by atoms with Crippen molar-refractivity contribution in [3.05, 3.63) is 129 Å². The number of methoxy groups -OCH3 is 2. The zero-order chi connectivity index (χ0) is 50.7. The molecule has 0 radical (unpaired) electrons. The molecule has 5 unspecified atom stereocenters. The van der Waals surface area contributed by atoms with Crippen molar-refractivity contribution >= 4 is 127 Å². The summed E-state index contributed by atoms with van der Waals surface area (Å²) in [5, 5.41) is 25.6. The molecule has 0 aliphatic carbocycles. The number of ketones is 2. The fourth-order valence-corrected chi connectivity index (χ4v) is 7.54. The molecular weight excluding hydrogens is 994 g/mol. The fourth-order valence-electron chi connectivity index (χ4n) is 6.56. The number of carbonyl (C=O) groups excluding carboxylic acids is 6. The first-order chi connectivity index (χ1) is 32.7. The summed E-state index contributed by atoms with van der Waals surface area (Å²) in [7, 11) is 3.03. The summed E-state index contributed by atoms with van der Waals surface area (Å²) in [4.78, 5) is 78.9. The number of halogens is 5. The Hall–Kier alpha value is -6.43. The third kappa shape index (κ3) is 14.5. The topological polar surface area (TPSA) is 218 Å². The number of benzene rings is 5. The van der Waals surface area contributed by atoms with E-state index < -0.39 is 63.4 Å². The van der Waals surface area contributed by atoms with Crippen LogP contribution in [0.1, 0.15) is 88.2 Å². The molecule has 0 bridgehead atoms. The maximum atomic E-state index is 13.5. The minimum atomic E-state index is -1.64. The van der Waals surface area contributed by atoms with Crippen LogP contribution in [-0.4, -0.2) is 61.5 Å². The van der Waals surface area contributed by atoms with Gasteiger partial charge < -0.3 is 30.7 Å². The van der Waals surface area contributed by atoms with E-state index in [2.05, 4.69) is 41.7 Å². The molecule has 0 spiro atoms. The molecule has 5 aromatic carbocycles. The third-order valence-corrected chi connectivity index (χ3v) is 11.1. The average Bonchev–Trinajstić information content (AvgIpc) is 3.28. The Bertz CT molecular complexity index is 2860. The van der Waals surface area contributed by atoms with Crippen LogP contribution in [0.15, 0.2) is 111 Å². The first-order valence-corrected chi connectivity index (χ1v) is 22.8. The second-order valence-corrected chi connectivity index (χ2v) is 18.1. The number of anilines is 4. The first kappa shape index (κ1) is 53.5. The van der Waals surface area contributed by atoms with Gasteiger partial charge in [-0.25, -0.2) is 0 Å². The minimum absolute atomic E-state index is 0.0806. The van der Waals surface area contributed by atoms with Gasteiger partial charge >= 0.3 is 0 Å². The van der Waals surface area contributed by atoms with Crippen LogP contribution in [0, 0.1) is 0 Å². The average molecular weight is 1040 g/mol. The number of hydrogen-bond donors (Lipinski definition) is 4. The van der Waals surface area contributed by atoms with Gasteiger partial charge in [-0.05, 0) is 131 Å². The van der Waals surface area contributed by atoms with Crippen molar-refractivity contribution in [2.75, 3.05) is 35.5 Å². The Kier molecular flexibility index (Phi) is 18.8. The van der Waals surface area contributed by atoms with E-state index in [1.54, 1.807) is 57.2 Å². The summed E-state index contributed by atoms with van der Waals surface area (Å²) in [6.45, 7) is 7.46. The molecule has 4 amide bonds. The summed E-state index contributed by atoms with van der Waals surface area (Å²) in [5.41, 5.74) is 3.30. The fraction of sp³-hybridized carbons (Fsp3) is 0.250. The summed E-state index contributed by atoms with van der Waals surface area (Å²) >= 11 is 31.7. The van der Waals surface area contributed by atoms with Crippen LogP contribution in [0.25, 0.3) is 0 Å². The number of carbonyl (C=O) groups is 6. The number of amides is 4. The van der Waals surface area contributed by atoms with E-state index in [1.165, 1.54) is 68.8 Å². The third-order valence-electron chi connectivity index (χ3n) is 9.97. The second-order valence-electron chi connectivity index (χ2n) is 15.3. The molecule has 0 heterocycles. The predicted molar refractivity (Wildman–Crippen MR) is 269 cm³/mol. The number of rotatable bonds is 19. The quantitative estimate of drug-likeness (QED) is 0.0353. The molecular formula is C48H45Cl5N8O8. The van der Waals surface area contributed by atoms with Gasteiger partial charge in [-0.2, -0.15) is 20.5 Å². The molecule has 360 valence electrons. The van der Waals surface area contributed by atoms with Gasteiger partial charge in [0.2, 0.25) is 12.1 Å². The number of nitrogens with one attached hydrogen (secondary N) is 4. The van der Waals surface area contributed by atoms with Gasteiger partial charge in [0.15, 0.2) is 11.6 Å². The Morgan fingerprint density at radius 1 is 0.493 bits per heavy atom. The van der Waals surface area contributed by atoms with Crippen molar-refractivity contribution in [3.63, 3.8) is 0 Å². The van der Waals surface area contributed by atoms with Crippen LogP contribution < -0.4 is 30.7 Å². The highest BCUT2D eigenvalue weighted by molar-refractivity contribution is 6.32. The van der Waals surface area contributed by atoms with Crippen molar-refractivity contribution < 1.29 is 38.2 Å². The highest BCUT2D eigenvalue weighted by Gasteiger charge is 2.27. The molecule has 4 N–H and O–H groups in total. The lowest BCUT2D eigenvalue weighted by Crippen LogP contribution is -2.32. The highest BCUT2D eigenvalue weighted by Crippen LogP contribution is 2.35. The van der Waals surface area contributed by atoms with Crippen molar-refractivity contribution in [1.82, 2.24) is 0 Å². The van der Waals surface area contributed by atoms with E-state index in [0.717, 1.165) is 13.8 Å². The minimum Gasteiger partial charge on any atom is -0.496 e. The van der Waals surface area contributed by atoms with E-state index in [0.29, 0.717) is 39.6 Å². The van der Waals surface area contributed by atoms with Gasteiger partial charge in [0.1, 0.15) is 11.5 Å². The molecule has 0 fully saturated rings. The lowest BCUT2D eigenvalue weighted by molar-refractivity contribution is -0.127. The van der Waals surface area contributed by atoms with E-state index >= 15 is 0 Å². The predicted octanol–water partition coefficient (Wildman–Crippen LogP) is 12.8. The normalized spacial score (nSPS) is 13.4. The van der Waals surface area contributed by atoms with Gasteiger partial charge in [0, 0.05) is 55.0 Å². The lowest BCUT2D eigenvalue weighted by Gasteiger charge is -2.17. The molecule has 0 saturated heterocycles. The van der Waals surface area contributed by atoms with Crippen LogP contribution in [-0.2, 0) is 19.2 Å². The summed E-state index contributed by atoms with van der Waals surface area (Å²) in [6.07, 6.45) is 0. The van der Waals surface area contributed by atoms with E-state index in [4.69, 9.17) is 67.5 Å². The smallest absolute Gasteiger partial charge is 0.258 e. The van der Waals surface area contributed by atoms with E-state index in [-0.39, 0.29) is 43.9 Å². The largest absolute Gasteiger partial charge is 0.496 e. The second kappa shape index (κ2) is 24.2. The number of alkyl halides is 3. The molecule has 5 aromatic rings. The Balaban J connectivity index is 1.28. The van der Waals surface area contributed by atoms with Gasteiger partial charge in [-0.1, -0.05) is 23.2 Å². The molecule has 0 aliphatic heterocycles. The highest BCUT2D eigenvalue weighted by atomic mass is 35.5. The number of nitrogens with zero attached hydrogens (tertiary/aromatic N) is 4.